The van der Waals surface area contributed by atoms with Gasteiger partial charge in [-0.05, 0) is 77.0 Å². The maximum atomic E-state index is 12.9. The van der Waals surface area contributed by atoms with Crippen LogP contribution < -0.4 is 0 Å². The second-order valence-electron chi connectivity index (χ2n) is 23.1. The van der Waals surface area contributed by atoms with Crippen LogP contribution in [0.15, 0.2) is 48.6 Å². The molecule has 0 aromatic heterocycles. The summed E-state index contributed by atoms with van der Waals surface area (Å²) in [5.41, 5.74) is 0. The number of rotatable bonds is 63. The normalized spacial score (nSPS) is 12.3. The molecule has 0 aliphatic heterocycles. The van der Waals surface area contributed by atoms with Crippen molar-refractivity contribution in [2.45, 2.75) is 374 Å². The van der Waals surface area contributed by atoms with Crippen LogP contribution in [0.5, 0.6) is 0 Å². The van der Waals surface area contributed by atoms with Crippen LogP contribution in [-0.4, -0.2) is 37.2 Å². The fraction of sp³-hybridized carbons (Fsp3) is 0.845. The molecule has 0 amide bonds. The first-order chi connectivity index (χ1) is 38.0. The number of esters is 3. The SMILES string of the molecule is CC/C=C\C/C=C\C/C=C\CCCCCC(=O)OCC(COC(=O)CCCCCCCCCCCCCCCCCCCCCCCCCCCCC)OC(=O)CCCCCCCCCCC/C=C\CCCCCCCC. The predicted octanol–water partition coefficient (Wildman–Crippen LogP) is 23.3. The van der Waals surface area contributed by atoms with Crippen LogP contribution in [0.25, 0.3) is 0 Å². The van der Waals surface area contributed by atoms with E-state index in [2.05, 4.69) is 69.4 Å². The topological polar surface area (TPSA) is 78.9 Å². The van der Waals surface area contributed by atoms with Crippen LogP contribution in [-0.2, 0) is 28.6 Å². The van der Waals surface area contributed by atoms with Crippen molar-refractivity contribution in [1.29, 1.82) is 0 Å². The van der Waals surface area contributed by atoms with E-state index in [0.717, 1.165) is 83.5 Å². The number of ether oxygens (including phenoxy) is 3. The minimum Gasteiger partial charge on any atom is -0.462 e. The Morgan fingerprint density at radius 1 is 0.273 bits per heavy atom. The fourth-order valence-corrected chi connectivity index (χ4v) is 10.2. The molecule has 0 saturated heterocycles. The van der Waals surface area contributed by atoms with Crippen LogP contribution in [0.4, 0.5) is 0 Å². The number of hydrogen-bond donors (Lipinski definition) is 0. The summed E-state index contributed by atoms with van der Waals surface area (Å²) in [6.07, 6.45) is 82.9. The van der Waals surface area contributed by atoms with Gasteiger partial charge >= 0.3 is 17.9 Å². The van der Waals surface area contributed by atoms with Gasteiger partial charge in [0, 0.05) is 19.3 Å². The van der Waals surface area contributed by atoms with Crippen LogP contribution in [0.3, 0.4) is 0 Å². The van der Waals surface area contributed by atoms with E-state index >= 15 is 0 Å². The number of unbranched alkanes of at least 4 members (excludes halogenated alkanes) is 44. The van der Waals surface area contributed by atoms with E-state index in [1.807, 2.05) is 0 Å². The Labute approximate surface area is 479 Å². The summed E-state index contributed by atoms with van der Waals surface area (Å²) in [5, 5.41) is 0. The number of carbonyl (C=O) groups excluding carboxylic acids is 3. The highest BCUT2D eigenvalue weighted by atomic mass is 16.6. The van der Waals surface area contributed by atoms with Crippen LogP contribution >= 0.6 is 0 Å². The van der Waals surface area contributed by atoms with Crippen molar-refractivity contribution in [3.63, 3.8) is 0 Å². The second-order valence-corrected chi connectivity index (χ2v) is 23.1. The number of hydrogen-bond acceptors (Lipinski definition) is 6. The Morgan fingerprint density at radius 3 is 0.818 bits per heavy atom. The average molecular weight is 1080 g/mol. The van der Waals surface area contributed by atoms with Crippen LogP contribution in [0.1, 0.15) is 367 Å². The Balaban J connectivity index is 4.22. The lowest BCUT2D eigenvalue weighted by atomic mass is 10.0. The van der Waals surface area contributed by atoms with E-state index in [9.17, 15) is 14.4 Å². The van der Waals surface area contributed by atoms with Gasteiger partial charge in [-0.25, -0.2) is 0 Å². The predicted molar refractivity (Wildman–Crippen MR) is 335 cm³/mol. The molecule has 1 unspecified atom stereocenters. The van der Waals surface area contributed by atoms with Crippen LogP contribution in [0, 0.1) is 0 Å². The van der Waals surface area contributed by atoms with Gasteiger partial charge in [-0.2, -0.15) is 0 Å². The Bertz CT molecular complexity index is 1330. The molecule has 0 spiro atoms. The zero-order valence-corrected chi connectivity index (χ0v) is 51.7. The molecule has 0 aliphatic carbocycles. The lowest BCUT2D eigenvalue weighted by Gasteiger charge is -2.18. The van der Waals surface area contributed by atoms with E-state index in [-0.39, 0.29) is 31.1 Å². The van der Waals surface area contributed by atoms with Gasteiger partial charge in [0.25, 0.3) is 0 Å². The molecule has 1 atom stereocenters. The minimum atomic E-state index is -0.785. The lowest BCUT2D eigenvalue weighted by molar-refractivity contribution is -0.167. The van der Waals surface area contributed by atoms with E-state index in [1.165, 1.54) is 244 Å². The number of allylic oxidation sites excluding steroid dienone is 8. The average Bonchev–Trinajstić information content (AvgIpc) is 3.43. The molecular formula is C71H130O6. The molecule has 450 valence electrons. The molecule has 6 nitrogen and oxygen atoms in total. The first-order valence-corrected chi connectivity index (χ1v) is 34.1. The third kappa shape index (κ3) is 64.1. The van der Waals surface area contributed by atoms with Gasteiger partial charge in [-0.15, -0.1) is 0 Å². The zero-order chi connectivity index (χ0) is 55.7. The van der Waals surface area contributed by atoms with Crippen molar-refractivity contribution < 1.29 is 28.6 Å². The zero-order valence-electron chi connectivity index (χ0n) is 51.7. The molecule has 6 heteroatoms. The van der Waals surface area contributed by atoms with Gasteiger partial charge < -0.3 is 14.2 Å². The molecule has 0 bridgehead atoms. The molecule has 0 aliphatic rings. The van der Waals surface area contributed by atoms with Crippen molar-refractivity contribution in [2.75, 3.05) is 13.2 Å². The molecule has 0 aromatic rings. The summed E-state index contributed by atoms with van der Waals surface area (Å²) in [6, 6.07) is 0. The maximum absolute atomic E-state index is 12.9. The largest absolute Gasteiger partial charge is 0.462 e. The molecule has 0 radical (unpaired) electrons. The summed E-state index contributed by atoms with van der Waals surface area (Å²) in [7, 11) is 0. The van der Waals surface area contributed by atoms with Crippen LogP contribution in [0.2, 0.25) is 0 Å². The highest BCUT2D eigenvalue weighted by molar-refractivity contribution is 5.71. The van der Waals surface area contributed by atoms with E-state index in [4.69, 9.17) is 14.2 Å². The summed E-state index contributed by atoms with van der Waals surface area (Å²) >= 11 is 0. The maximum Gasteiger partial charge on any atom is 0.306 e. The quantitative estimate of drug-likeness (QED) is 0.0261. The summed E-state index contributed by atoms with van der Waals surface area (Å²) in [6.45, 7) is 6.56. The van der Waals surface area contributed by atoms with E-state index in [0.29, 0.717) is 19.3 Å². The Kier molecular flexibility index (Phi) is 63.6. The molecular weight excluding hydrogens is 949 g/mol. The van der Waals surface area contributed by atoms with E-state index < -0.39 is 6.10 Å². The number of carbonyl (C=O) groups is 3. The third-order valence-electron chi connectivity index (χ3n) is 15.3. The first-order valence-electron chi connectivity index (χ1n) is 34.1. The molecule has 0 rings (SSSR count). The first kappa shape index (κ1) is 74.4. The third-order valence-corrected chi connectivity index (χ3v) is 15.3. The summed E-state index contributed by atoms with van der Waals surface area (Å²) in [4.78, 5) is 38.3. The van der Waals surface area contributed by atoms with Gasteiger partial charge in [0.2, 0.25) is 0 Å². The van der Waals surface area contributed by atoms with Crippen molar-refractivity contribution in [2.24, 2.45) is 0 Å². The fourth-order valence-electron chi connectivity index (χ4n) is 10.2. The highest BCUT2D eigenvalue weighted by Crippen LogP contribution is 2.18. The Morgan fingerprint density at radius 2 is 0.506 bits per heavy atom. The van der Waals surface area contributed by atoms with Gasteiger partial charge in [-0.3, -0.25) is 14.4 Å². The Hall–Kier alpha value is -2.63. The molecule has 0 fully saturated rings. The molecule has 0 N–H and O–H groups in total. The minimum absolute atomic E-state index is 0.0796. The van der Waals surface area contributed by atoms with Crippen molar-refractivity contribution in [3.05, 3.63) is 48.6 Å². The van der Waals surface area contributed by atoms with Gasteiger partial charge in [0.05, 0.1) is 0 Å². The smallest absolute Gasteiger partial charge is 0.306 e. The van der Waals surface area contributed by atoms with E-state index in [1.54, 1.807) is 0 Å². The monoisotopic (exact) mass is 1080 g/mol. The molecule has 0 saturated carbocycles. The molecule has 0 heterocycles. The summed E-state index contributed by atoms with van der Waals surface area (Å²) < 4.78 is 16.9. The standard InChI is InChI=1S/C71H130O6/c1-4-7-10-13-16-19-22-25-27-29-31-32-33-34-35-36-37-38-40-41-43-46-49-52-55-58-61-64-70(73)76-67-68(66-75-69(72)63-60-57-54-51-48-45-24-21-18-15-12-9-6-3)77-71(74)65-62-59-56-53-50-47-44-42-39-30-28-26-23-20-17-14-11-8-5-2/h9,12,18,21,26,28,45,48,68H,4-8,10-11,13-17,19-20,22-25,27,29-44,46-47,49-67H2,1-3H3/b12-9-,21-18-,28-26-,48-45-. The lowest BCUT2D eigenvalue weighted by Crippen LogP contribution is -2.30. The van der Waals surface area contributed by atoms with Gasteiger partial charge in [0.1, 0.15) is 13.2 Å². The molecule has 77 heavy (non-hydrogen) atoms. The van der Waals surface area contributed by atoms with Crippen molar-refractivity contribution in [1.82, 2.24) is 0 Å². The van der Waals surface area contributed by atoms with Crippen molar-refractivity contribution >= 4 is 17.9 Å². The van der Waals surface area contributed by atoms with Gasteiger partial charge in [-0.1, -0.05) is 320 Å². The molecule has 0 aromatic carbocycles. The second kappa shape index (κ2) is 65.9. The van der Waals surface area contributed by atoms with Crippen molar-refractivity contribution in [3.8, 4) is 0 Å². The van der Waals surface area contributed by atoms with Gasteiger partial charge in [0.15, 0.2) is 6.10 Å². The highest BCUT2D eigenvalue weighted by Gasteiger charge is 2.19. The summed E-state index contributed by atoms with van der Waals surface area (Å²) in [5.74, 6) is -0.890.